The van der Waals surface area contributed by atoms with Gasteiger partial charge in [0.2, 0.25) is 0 Å². The fourth-order valence-corrected chi connectivity index (χ4v) is 1.17. The summed E-state index contributed by atoms with van der Waals surface area (Å²) in [5, 5.41) is 8.50. The number of benzene rings is 1. The number of anilines is 1. The molecule has 0 aliphatic heterocycles. The second-order valence-corrected chi connectivity index (χ2v) is 3.25. The van der Waals surface area contributed by atoms with Crippen LogP contribution >= 0.6 is 0 Å². The number of esters is 1. The van der Waals surface area contributed by atoms with Crippen LogP contribution in [0.3, 0.4) is 0 Å². The van der Waals surface area contributed by atoms with Gasteiger partial charge in [-0.25, -0.2) is 4.79 Å². The van der Waals surface area contributed by atoms with Crippen molar-refractivity contribution in [2.45, 2.75) is 20.0 Å². The molecule has 0 aliphatic rings. The second kappa shape index (κ2) is 4.47. The summed E-state index contributed by atoms with van der Waals surface area (Å²) in [4.78, 5) is 11.5. The fourth-order valence-electron chi connectivity index (χ4n) is 1.17. The third-order valence-electron chi connectivity index (χ3n) is 1.94. The Morgan fingerprint density at radius 1 is 1.60 bits per heavy atom. The van der Waals surface area contributed by atoms with Crippen LogP contribution in [0.2, 0.25) is 0 Å². The molecule has 1 unspecified atom stereocenters. The highest BCUT2D eigenvalue weighted by atomic mass is 16.5. The first-order chi connectivity index (χ1) is 7.04. The molecule has 2 N–H and O–H groups in total. The van der Waals surface area contributed by atoms with Crippen LogP contribution in [-0.4, -0.2) is 12.1 Å². The zero-order valence-corrected chi connectivity index (χ0v) is 8.65. The molecule has 0 fully saturated rings. The number of hydrogen-bond donors (Lipinski definition) is 1. The molecule has 78 valence electrons. The van der Waals surface area contributed by atoms with E-state index in [9.17, 15) is 4.79 Å². The zero-order chi connectivity index (χ0) is 11.4. The highest BCUT2D eigenvalue weighted by Gasteiger charge is 2.13. The Bertz CT molecular complexity index is 421. The van der Waals surface area contributed by atoms with Crippen LogP contribution in [0.5, 0.6) is 0 Å². The Kier molecular flexibility index (Phi) is 3.29. The molecule has 4 nitrogen and oxygen atoms in total. The molecule has 0 bridgehead atoms. The molecule has 0 saturated carbocycles. The molecule has 1 rings (SSSR count). The van der Waals surface area contributed by atoms with Crippen LogP contribution in [0, 0.1) is 18.3 Å². The van der Waals surface area contributed by atoms with Crippen molar-refractivity contribution in [1.29, 1.82) is 5.26 Å². The van der Waals surface area contributed by atoms with Gasteiger partial charge in [0.25, 0.3) is 0 Å². The molecule has 15 heavy (non-hydrogen) atoms. The number of carbonyl (C=O) groups excluding carboxylic acids is 1. The number of aryl methyl sites for hydroxylation is 1. The molecular weight excluding hydrogens is 192 g/mol. The van der Waals surface area contributed by atoms with Gasteiger partial charge in [0, 0.05) is 5.69 Å². The molecule has 1 aromatic carbocycles. The average molecular weight is 204 g/mol. The lowest BCUT2D eigenvalue weighted by Gasteiger charge is -2.08. The maximum Gasteiger partial charge on any atom is 0.339 e. The summed E-state index contributed by atoms with van der Waals surface area (Å²) in [5.41, 5.74) is 7.32. The quantitative estimate of drug-likeness (QED) is 0.587. The summed E-state index contributed by atoms with van der Waals surface area (Å²) >= 11 is 0. The minimum Gasteiger partial charge on any atom is -0.444 e. The third-order valence-corrected chi connectivity index (χ3v) is 1.94. The van der Waals surface area contributed by atoms with Crippen molar-refractivity contribution in [2.75, 3.05) is 5.73 Å². The number of nitrogen functional groups attached to an aromatic ring is 1. The number of carbonyl (C=O) groups is 1. The first-order valence-corrected chi connectivity index (χ1v) is 4.51. The first kappa shape index (κ1) is 11.1. The summed E-state index contributed by atoms with van der Waals surface area (Å²) < 4.78 is 4.87. The number of nitrogens with zero attached hydrogens (tertiary/aromatic N) is 1. The Morgan fingerprint density at radius 2 is 2.27 bits per heavy atom. The number of ether oxygens (including phenoxy) is 1. The van der Waals surface area contributed by atoms with Crippen molar-refractivity contribution < 1.29 is 9.53 Å². The lowest BCUT2D eigenvalue weighted by atomic mass is 10.1. The van der Waals surface area contributed by atoms with Gasteiger partial charge in [0.1, 0.15) is 6.07 Å². The predicted octanol–water partition coefficient (Wildman–Crippen LogP) is 1.65. The number of hydrogen-bond acceptors (Lipinski definition) is 4. The molecule has 0 amide bonds. The second-order valence-electron chi connectivity index (χ2n) is 3.25. The van der Waals surface area contributed by atoms with E-state index in [1.54, 1.807) is 25.1 Å². The molecule has 0 aliphatic carbocycles. The molecule has 0 radical (unpaired) electrons. The zero-order valence-electron chi connectivity index (χ0n) is 8.65. The van der Waals surface area contributed by atoms with Gasteiger partial charge in [0.05, 0.1) is 5.56 Å². The monoisotopic (exact) mass is 204 g/mol. The van der Waals surface area contributed by atoms with E-state index in [2.05, 4.69) is 0 Å². The molecule has 0 spiro atoms. The summed E-state index contributed by atoms with van der Waals surface area (Å²) in [6, 6.07) is 6.74. The van der Waals surface area contributed by atoms with Crippen LogP contribution in [-0.2, 0) is 4.74 Å². The molecule has 0 heterocycles. The number of nitrogens with two attached hydrogens (primary N) is 1. The van der Waals surface area contributed by atoms with Gasteiger partial charge in [-0.3, -0.25) is 0 Å². The van der Waals surface area contributed by atoms with Crippen molar-refractivity contribution in [3.05, 3.63) is 29.3 Å². The normalized spacial score (nSPS) is 11.5. The molecule has 1 aromatic rings. The number of rotatable bonds is 2. The summed E-state index contributed by atoms with van der Waals surface area (Å²) in [7, 11) is 0. The molecular formula is C11H12N2O2. The highest BCUT2D eigenvalue weighted by molar-refractivity contribution is 5.91. The van der Waals surface area contributed by atoms with Gasteiger partial charge in [-0.2, -0.15) is 5.26 Å². The average Bonchev–Trinajstić information content (AvgIpc) is 2.17. The minimum atomic E-state index is -0.741. The van der Waals surface area contributed by atoms with E-state index in [0.29, 0.717) is 11.3 Å². The van der Waals surface area contributed by atoms with Crippen LogP contribution in [0.15, 0.2) is 18.2 Å². The van der Waals surface area contributed by atoms with Crippen LogP contribution < -0.4 is 5.73 Å². The van der Waals surface area contributed by atoms with Crippen molar-refractivity contribution in [3.63, 3.8) is 0 Å². The summed E-state index contributed by atoms with van der Waals surface area (Å²) in [6.45, 7) is 3.29. The van der Waals surface area contributed by atoms with E-state index >= 15 is 0 Å². The van der Waals surface area contributed by atoms with Crippen LogP contribution in [0.1, 0.15) is 22.8 Å². The summed E-state index contributed by atoms with van der Waals surface area (Å²) in [5.74, 6) is -0.499. The van der Waals surface area contributed by atoms with E-state index < -0.39 is 12.1 Å². The van der Waals surface area contributed by atoms with Crippen LogP contribution in [0.4, 0.5) is 5.69 Å². The standard InChI is InChI=1S/C11H12N2O2/c1-7-5-9(13)3-4-10(7)11(14)15-8(2)6-12/h3-5,8H,13H2,1-2H3. The van der Waals surface area contributed by atoms with E-state index in [-0.39, 0.29) is 0 Å². The Balaban J connectivity index is 2.88. The van der Waals surface area contributed by atoms with E-state index in [1.807, 2.05) is 6.07 Å². The highest BCUT2D eigenvalue weighted by Crippen LogP contribution is 2.14. The SMILES string of the molecule is Cc1cc(N)ccc1C(=O)OC(C)C#N. The Labute approximate surface area is 88.3 Å². The van der Waals surface area contributed by atoms with Crippen molar-refractivity contribution in [1.82, 2.24) is 0 Å². The number of nitriles is 1. The van der Waals surface area contributed by atoms with E-state index in [4.69, 9.17) is 15.7 Å². The Morgan fingerprint density at radius 3 is 2.80 bits per heavy atom. The molecule has 1 atom stereocenters. The fraction of sp³-hybridized carbons (Fsp3) is 0.273. The topological polar surface area (TPSA) is 76.1 Å². The maximum absolute atomic E-state index is 11.5. The predicted molar refractivity (Wildman–Crippen MR) is 56.1 cm³/mol. The van der Waals surface area contributed by atoms with Gasteiger partial charge in [-0.05, 0) is 37.6 Å². The smallest absolute Gasteiger partial charge is 0.339 e. The van der Waals surface area contributed by atoms with Gasteiger partial charge >= 0.3 is 5.97 Å². The van der Waals surface area contributed by atoms with E-state index in [0.717, 1.165) is 5.56 Å². The molecule has 0 aromatic heterocycles. The first-order valence-electron chi connectivity index (χ1n) is 4.51. The van der Waals surface area contributed by atoms with Gasteiger partial charge in [-0.1, -0.05) is 0 Å². The molecule has 0 saturated heterocycles. The molecule has 4 heteroatoms. The third kappa shape index (κ3) is 2.71. The van der Waals surface area contributed by atoms with Crippen molar-refractivity contribution in [3.8, 4) is 6.07 Å². The van der Waals surface area contributed by atoms with Gasteiger partial charge < -0.3 is 10.5 Å². The lowest BCUT2D eigenvalue weighted by molar-refractivity contribution is 0.0434. The summed E-state index contributed by atoms with van der Waals surface area (Å²) in [6.07, 6.45) is -0.741. The van der Waals surface area contributed by atoms with Crippen molar-refractivity contribution >= 4 is 11.7 Å². The van der Waals surface area contributed by atoms with Crippen LogP contribution in [0.25, 0.3) is 0 Å². The van der Waals surface area contributed by atoms with E-state index in [1.165, 1.54) is 6.92 Å². The van der Waals surface area contributed by atoms with Crippen molar-refractivity contribution in [2.24, 2.45) is 0 Å². The largest absolute Gasteiger partial charge is 0.444 e. The van der Waals surface area contributed by atoms with Gasteiger partial charge in [0.15, 0.2) is 6.10 Å². The lowest BCUT2D eigenvalue weighted by Crippen LogP contribution is -2.14. The minimum absolute atomic E-state index is 0.436. The van der Waals surface area contributed by atoms with Gasteiger partial charge in [-0.15, -0.1) is 0 Å². The Hall–Kier alpha value is -2.02. The maximum atomic E-state index is 11.5.